The van der Waals surface area contributed by atoms with Crippen molar-refractivity contribution < 1.29 is 29.2 Å². The largest absolute Gasteiger partial charge is 0.507 e. The van der Waals surface area contributed by atoms with Crippen molar-refractivity contribution in [3.63, 3.8) is 0 Å². The Hall–Kier alpha value is -3.35. The van der Waals surface area contributed by atoms with Gasteiger partial charge >= 0.3 is 0 Å². The summed E-state index contributed by atoms with van der Waals surface area (Å²) in [6, 6.07) is 7.43. The molecule has 0 aliphatic carbocycles. The molecule has 0 saturated carbocycles. The third-order valence-electron chi connectivity index (χ3n) is 3.61. The molecule has 24 heavy (non-hydrogen) atoms. The Labute approximate surface area is 135 Å². The van der Waals surface area contributed by atoms with E-state index in [9.17, 15) is 20.1 Å². The fourth-order valence-electron chi connectivity index (χ4n) is 2.51. The minimum absolute atomic E-state index is 0.0628. The van der Waals surface area contributed by atoms with E-state index in [4.69, 9.17) is 13.9 Å². The molecule has 0 bridgehead atoms. The van der Waals surface area contributed by atoms with E-state index in [0.29, 0.717) is 0 Å². The van der Waals surface area contributed by atoms with Crippen LogP contribution in [0, 0.1) is 0 Å². The highest BCUT2D eigenvalue weighted by molar-refractivity contribution is 5.95. The highest BCUT2D eigenvalue weighted by atomic mass is 16.5. The molecule has 0 aliphatic heterocycles. The molecule has 1 heterocycles. The average molecular weight is 330 g/mol. The third-order valence-corrected chi connectivity index (χ3v) is 3.61. The molecular weight excluding hydrogens is 316 g/mol. The minimum atomic E-state index is -0.580. The van der Waals surface area contributed by atoms with Gasteiger partial charge in [-0.15, -0.1) is 0 Å². The van der Waals surface area contributed by atoms with E-state index in [1.165, 1.54) is 20.3 Å². The number of rotatable bonds is 3. The molecule has 0 aliphatic rings. The Kier molecular flexibility index (Phi) is 3.69. The first-order valence-electron chi connectivity index (χ1n) is 6.91. The number of phenolic OH excluding ortho intramolecular Hbond substituents is 3. The Balaban J connectivity index is 2.45. The van der Waals surface area contributed by atoms with Crippen molar-refractivity contribution in [3.8, 4) is 40.1 Å². The summed E-state index contributed by atoms with van der Waals surface area (Å²) >= 11 is 0. The molecule has 7 heteroatoms. The van der Waals surface area contributed by atoms with Crippen molar-refractivity contribution >= 4 is 11.0 Å². The average Bonchev–Trinajstić information content (AvgIpc) is 2.55. The van der Waals surface area contributed by atoms with Gasteiger partial charge in [0.05, 0.1) is 19.8 Å². The van der Waals surface area contributed by atoms with Crippen LogP contribution in [0.25, 0.3) is 22.3 Å². The summed E-state index contributed by atoms with van der Waals surface area (Å²) in [4.78, 5) is 12.5. The molecule has 0 fully saturated rings. The summed E-state index contributed by atoms with van der Waals surface area (Å²) in [6.07, 6.45) is 0. The molecule has 0 amide bonds. The van der Waals surface area contributed by atoms with Gasteiger partial charge in [0.1, 0.15) is 16.9 Å². The Morgan fingerprint density at radius 3 is 2.25 bits per heavy atom. The molecule has 2 aromatic carbocycles. The Bertz CT molecular complexity index is 988. The number of aromatic hydroxyl groups is 3. The first-order chi connectivity index (χ1) is 11.5. The normalized spacial score (nSPS) is 10.8. The highest BCUT2D eigenvalue weighted by Gasteiger charge is 2.25. The number of fused-ring (bicyclic) bond motifs is 1. The summed E-state index contributed by atoms with van der Waals surface area (Å²) in [7, 11) is 2.51. The summed E-state index contributed by atoms with van der Waals surface area (Å²) in [5.74, 6) is -1.52. The molecule has 1 aromatic heterocycles. The molecule has 3 rings (SSSR count). The van der Waals surface area contributed by atoms with E-state index in [1.807, 2.05) is 0 Å². The quantitative estimate of drug-likeness (QED) is 0.677. The predicted octanol–water partition coefficient (Wildman–Crippen LogP) is 2.59. The van der Waals surface area contributed by atoms with Gasteiger partial charge in [-0.25, -0.2) is 0 Å². The number of benzene rings is 2. The van der Waals surface area contributed by atoms with Crippen molar-refractivity contribution in [1.82, 2.24) is 0 Å². The molecule has 124 valence electrons. The first-order valence-corrected chi connectivity index (χ1v) is 6.91. The van der Waals surface area contributed by atoms with Gasteiger partial charge in [0, 0.05) is 6.07 Å². The lowest BCUT2D eigenvalue weighted by atomic mass is 10.1. The van der Waals surface area contributed by atoms with Crippen LogP contribution in [0.1, 0.15) is 0 Å². The zero-order valence-electron chi connectivity index (χ0n) is 12.9. The number of ether oxygens (including phenoxy) is 2. The van der Waals surface area contributed by atoms with Crippen LogP contribution in [0.5, 0.6) is 28.7 Å². The SMILES string of the molecule is COc1c(O)c(OC)c2oc(-c3ccccc3O)cc(=O)c2c1O. The number of hydrogen-bond donors (Lipinski definition) is 3. The van der Waals surface area contributed by atoms with Crippen molar-refractivity contribution in [2.75, 3.05) is 14.2 Å². The van der Waals surface area contributed by atoms with Crippen LogP contribution in [0.4, 0.5) is 0 Å². The van der Waals surface area contributed by atoms with E-state index in [1.54, 1.807) is 18.2 Å². The fourth-order valence-corrected chi connectivity index (χ4v) is 2.51. The van der Waals surface area contributed by atoms with Gasteiger partial charge in [-0.05, 0) is 12.1 Å². The second-order valence-corrected chi connectivity index (χ2v) is 4.96. The lowest BCUT2D eigenvalue weighted by molar-refractivity contribution is 0.323. The van der Waals surface area contributed by atoms with Gasteiger partial charge in [-0.1, -0.05) is 12.1 Å². The summed E-state index contributed by atoms with van der Waals surface area (Å²) in [6.45, 7) is 0. The second-order valence-electron chi connectivity index (χ2n) is 4.96. The number of hydrogen-bond acceptors (Lipinski definition) is 7. The van der Waals surface area contributed by atoms with E-state index in [2.05, 4.69) is 0 Å². The van der Waals surface area contributed by atoms with Gasteiger partial charge in [-0.3, -0.25) is 4.79 Å². The highest BCUT2D eigenvalue weighted by Crippen LogP contribution is 2.49. The summed E-state index contributed by atoms with van der Waals surface area (Å²) in [5, 5.41) is 30.1. The van der Waals surface area contributed by atoms with Crippen molar-refractivity contribution in [3.05, 3.63) is 40.6 Å². The molecule has 0 radical (unpaired) electrons. The Morgan fingerprint density at radius 1 is 0.958 bits per heavy atom. The van der Waals surface area contributed by atoms with Crippen LogP contribution < -0.4 is 14.9 Å². The van der Waals surface area contributed by atoms with Gasteiger partial charge in [0.2, 0.25) is 17.2 Å². The van der Waals surface area contributed by atoms with E-state index < -0.39 is 16.9 Å². The monoisotopic (exact) mass is 330 g/mol. The Morgan fingerprint density at radius 2 is 1.62 bits per heavy atom. The van der Waals surface area contributed by atoms with Crippen LogP contribution in [0.2, 0.25) is 0 Å². The number of methoxy groups -OCH3 is 2. The molecule has 3 N–H and O–H groups in total. The first kappa shape index (κ1) is 15.5. The third kappa shape index (κ3) is 2.18. The minimum Gasteiger partial charge on any atom is -0.507 e. The maximum Gasteiger partial charge on any atom is 0.208 e. The molecule has 3 aromatic rings. The molecule has 0 unspecified atom stereocenters. The van der Waals surface area contributed by atoms with Crippen LogP contribution in [-0.4, -0.2) is 29.5 Å². The molecule has 7 nitrogen and oxygen atoms in total. The lowest BCUT2D eigenvalue weighted by Gasteiger charge is -2.13. The van der Waals surface area contributed by atoms with Crippen LogP contribution in [0.15, 0.2) is 39.5 Å². The molecule has 0 saturated heterocycles. The molecular formula is C17H14O7. The lowest BCUT2D eigenvalue weighted by Crippen LogP contribution is -2.03. The zero-order valence-corrected chi connectivity index (χ0v) is 12.9. The fraction of sp³-hybridized carbons (Fsp3) is 0.118. The van der Waals surface area contributed by atoms with Crippen LogP contribution >= 0.6 is 0 Å². The maximum absolute atomic E-state index is 12.5. The van der Waals surface area contributed by atoms with E-state index in [-0.39, 0.29) is 39.5 Å². The van der Waals surface area contributed by atoms with Gasteiger partial charge < -0.3 is 29.2 Å². The van der Waals surface area contributed by atoms with Crippen molar-refractivity contribution in [1.29, 1.82) is 0 Å². The smallest absolute Gasteiger partial charge is 0.208 e. The van der Waals surface area contributed by atoms with E-state index in [0.717, 1.165) is 6.07 Å². The van der Waals surface area contributed by atoms with Gasteiger partial charge in [-0.2, -0.15) is 0 Å². The number of para-hydroxylation sites is 1. The van der Waals surface area contributed by atoms with E-state index >= 15 is 0 Å². The topological polar surface area (TPSA) is 109 Å². The van der Waals surface area contributed by atoms with Gasteiger partial charge in [0.15, 0.2) is 16.8 Å². The van der Waals surface area contributed by atoms with Crippen molar-refractivity contribution in [2.45, 2.75) is 0 Å². The predicted molar refractivity (Wildman–Crippen MR) is 86.0 cm³/mol. The van der Waals surface area contributed by atoms with Crippen LogP contribution in [-0.2, 0) is 0 Å². The maximum atomic E-state index is 12.5. The van der Waals surface area contributed by atoms with Gasteiger partial charge in [0.25, 0.3) is 0 Å². The molecule has 0 atom stereocenters. The standard InChI is InChI=1S/C17H14O7/c1-22-16-13(20)12-10(19)7-11(8-5-3-4-6-9(8)18)24-15(12)17(23-2)14(16)21/h3-7,18,20-21H,1-2H3. The second kappa shape index (κ2) is 5.69. The van der Waals surface area contributed by atoms with Crippen molar-refractivity contribution in [2.24, 2.45) is 0 Å². The summed E-state index contributed by atoms with van der Waals surface area (Å²) in [5.41, 5.74) is -0.448. The zero-order chi connectivity index (χ0) is 17.4. The number of phenols is 3. The summed E-state index contributed by atoms with van der Waals surface area (Å²) < 4.78 is 15.6. The van der Waals surface area contributed by atoms with Crippen LogP contribution in [0.3, 0.4) is 0 Å². The molecule has 0 spiro atoms.